The number of rotatable bonds is 0. The average Bonchev–Trinajstić information content (AvgIpc) is 2.45. The fourth-order valence-electron chi connectivity index (χ4n) is 1.13. The van der Waals surface area contributed by atoms with Gasteiger partial charge in [0.1, 0.15) is 0 Å². The Bertz CT molecular complexity index is 395. The molecule has 1 aromatic heterocycles. The molecule has 0 saturated carbocycles. The summed E-state index contributed by atoms with van der Waals surface area (Å²) in [6.07, 6.45) is 0. The van der Waals surface area contributed by atoms with E-state index >= 15 is 0 Å². The molecule has 1 heterocycles. The second-order valence-corrected chi connectivity index (χ2v) is 5.15. The SMILES string of the molecule is CC(C)(C)c1nc2ccc[c-]c2s1.[Li+]. The molecule has 0 aliphatic heterocycles. The Kier molecular flexibility index (Phi) is 3.42. The van der Waals surface area contributed by atoms with Crippen molar-refractivity contribution in [1.29, 1.82) is 0 Å². The summed E-state index contributed by atoms with van der Waals surface area (Å²) in [6, 6.07) is 9.16. The van der Waals surface area contributed by atoms with Crippen LogP contribution in [-0.2, 0) is 5.41 Å². The second kappa shape index (κ2) is 4.06. The Morgan fingerprint density at radius 1 is 1.36 bits per heavy atom. The topological polar surface area (TPSA) is 12.9 Å². The summed E-state index contributed by atoms with van der Waals surface area (Å²) < 4.78 is 1.16. The van der Waals surface area contributed by atoms with Crippen molar-refractivity contribution >= 4 is 21.6 Å². The van der Waals surface area contributed by atoms with E-state index in [1.54, 1.807) is 11.3 Å². The summed E-state index contributed by atoms with van der Waals surface area (Å²) in [7, 11) is 0. The van der Waals surface area contributed by atoms with Crippen LogP contribution in [0.15, 0.2) is 18.2 Å². The molecule has 0 N–H and O–H groups in total. The summed E-state index contributed by atoms with van der Waals surface area (Å²) in [6.45, 7) is 6.56. The number of hydrogen-bond donors (Lipinski definition) is 0. The summed E-state index contributed by atoms with van der Waals surface area (Å²) in [5.74, 6) is 0. The van der Waals surface area contributed by atoms with Crippen molar-refractivity contribution in [2.75, 3.05) is 0 Å². The van der Waals surface area contributed by atoms with E-state index in [1.165, 1.54) is 5.01 Å². The van der Waals surface area contributed by atoms with E-state index < -0.39 is 0 Å². The van der Waals surface area contributed by atoms with Crippen LogP contribution < -0.4 is 18.9 Å². The zero-order valence-corrected chi connectivity index (χ0v) is 9.90. The first kappa shape index (κ1) is 11.8. The van der Waals surface area contributed by atoms with Crippen LogP contribution in [0.3, 0.4) is 0 Å². The van der Waals surface area contributed by atoms with E-state index in [1.807, 2.05) is 18.2 Å². The van der Waals surface area contributed by atoms with Gasteiger partial charge >= 0.3 is 18.9 Å². The van der Waals surface area contributed by atoms with Crippen molar-refractivity contribution in [3.05, 3.63) is 29.3 Å². The van der Waals surface area contributed by atoms with Gasteiger partial charge in [0.15, 0.2) is 0 Å². The number of thiazole rings is 1. The minimum Gasteiger partial charge on any atom is -0.306 e. The molecule has 2 aromatic rings. The Hall–Kier alpha value is -0.293. The van der Waals surface area contributed by atoms with Gasteiger partial charge in [-0.2, -0.15) is 18.2 Å². The van der Waals surface area contributed by atoms with Crippen LogP contribution in [0.5, 0.6) is 0 Å². The molecule has 0 spiro atoms. The molecule has 0 radical (unpaired) electrons. The molecule has 0 unspecified atom stereocenters. The van der Waals surface area contributed by atoms with Crippen molar-refractivity contribution in [2.45, 2.75) is 26.2 Å². The molecule has 2 rings (SSSR count). The minimum atomic E-state index is 0. The normalized spacial score (nSPS) is 11.4. The standard InChI is InChI=1S/C11H12NS.Li/c1-11(2,3)10-12-8-6-4-5-7-9(8)13-10;/h4-6H,1-3H3;/q-1;+1. The fraction of sp³-hybridized carbons (Fsp3) is 0.364. The van der Waals surface area contributed by atoms with Crippen molar-refractivity contribution < 1.29 is 18.9 Å². The van der Waals surface area contributed by atoms with E-state index in [0.29, 0.717) is 0 Å². The third-order valence-electron chi connectivity index (χ3n) is 1.86. The van der Waals surface area contributed by atoms with Gasteiger partial charge in [-0.15, -0.1) is 17.4 Å². The first-order valence-corrected chi connectivity index (χ1v) is 5.17. The first-order chi connectivity index (χ1) is 6.07. The van der Waals surface area contributed by atoms with Gasteiger partial charge in [-0.25, -0.2) is 0 Å². The third kappa shape index (κ3) is 2.20. The largest absolute Gasteiger partial charge is 1.00 e. The predicted octanol–water partition coefficient (Wildman–Crippen LogP) is 0.398. The van der Waals surface area contributed by atoms with Crippen LogP contribution in [0.25, 0.3) is 10.2 Å². The second-order valence-electron chi connectivity index (χ2n) is 4.15. The molecule has 68 valence electrons. The van der Waals surface area contributed by atoms with Crippen LogP contribution in [0.2, 0.25) is 0 Å². The monoisotopic (exact) mass is 197 g/mol. The molecule has 0 aliphatic carbocycles. The van der Waals surface area contributed by atoms with E-state index in [2.05, 4.69) is 31.8 Å². The molecule has 3 heteroatoms. The van der Waals surface area contributed by atoms with Crippen LogP contribution in [0, 0.1) is 6.07 Å². The molecule has 1 nitrogen and oxygen atoms in total. The van der Waals surface area contributed by atoms with Gasteiger partial charge in [0.25, 0.3) is 0 Å². The number of hydrogen-bond acceptors (Lipinski definition) is 2. The van der Waals surface area contributed by atoms with E-state index in [9.17, 15) is 0 Å². The fourth-order valence-corrected chi connectivity index (χ4v) is 2.12. The smallest absolute Gasteiger partial charge is 0.306 e. The molecular weight excluding hydrogens is 185 g/mol. The maximum Gasteiger partial charge on any atom is 1.00 e. The summed E-state index contributed by atoms with van der Waals surface area (Å²) in [5, 5.41) is 1.19. The maximum absolute atomic E-state index is 4.57. The maximum atomic E-state index is 4.57. The van der Waals surface area contributed by atoms with Gasteiger partial charge in [-0.05, 0) is 5.52 Å². The molecule has 0 fully saturated rings. The molecule has 0 bridgehead atoms. The third-order valence-corrected chi connectivity index (χ3v) is 3.29. The number of fused-ring (bicyclic) bond motifs is 1. The van der Waals surface area contributed by atoms with Crippen LogP contribution in [0.1, 0.15) is 25.8 Å². The molecular formula is C11H12LiNS. The summed E-state index contributed by atoms with van der Waals surface area (Å²) in [5.41, 5.74) is 1.22. The average molecular weight is 197 g/mol. The van der Waals surface area contributed by atoms with Gasteiger partial charge in [-0.1, -0.05) is 25.5 Å². The summed E-state index contributed by atoms with van der Waals surface area (Å²) >= 11 is 1.74. The Balaban J connectivity index is 0.000000980. The van der Waals surface area contributed by atoms with E-state index in [4.69, 9.17) is 0 Å². The first-order valence-electron chi connectivity index (χ1n) is 4.35. The van der Waals surface area contributed by atoms with Crippen molar-refractivity contribution in [3.63, 3.8) is 0 Å². The van der Waals surface area contributed by atoms with E-state index in [0.717, 1.165) is 10.2 Å². The Morgan fingerprint density at radius 2 is 2.07 bits per heavy atom. The molecule has 0 saturated heterocycles. The molecule has 1 aromatic carbocycles. The molecule has 0 aliphatic rings. The Morgan fingerprint density at radius 3 is 2.64 bits per heavy atom. The minimum absolute atomic E-state index is 0. The van der Waals surface area contributed by atoms with Gasteiger partial charge in [0.2, 0.25) is 0 Å². The quantitative estimate of drug-likeness (QED) is 0.440. The van der Waals surface area contributed by atoms with E-state index in [-0.39, 0.29) is 24.3 Å². The molecule has 0 amide bonds. The zero-order valence-electron chi connectivity index (χ0n) is 9.09. The summed E-state index contributed by atoms with van der Waals surface area (Å²) in [4.78, 5) is 4.57. The van der Waals surface area contributed by atoms with Crippen molar-refractivity contribution in [2.24, 2.45) is 0 Å². The van der Waals surface area contributed by atoms with Crippen molar-refractivity contribution in [1.82, 2.24) is 4.98 Å². The molecule has 14 heavy (non-hydrogen) atoms. The number of benzene rings is 1. The predicted molar refractivity (Wildman–Crippen MR) is 57.2 cm³/mol. The number of nitrogens with zero attached hydrogens (tertiary/aromatic N) is 1. The van der Waals surface area contributed by atoms with Gasteiger partial charge in [0.05, 0.1) is 5.01 Å². The van der Waals surface area contributed by atoms with Crippen LogP contribution >= 0.6 is 11.3 Å². The Labute approximate surface area is 101 Å². The zero-order chi connectivity index (χ0) is 9.47. The number of aromatic nitrogens is 1. The van der Waals surface area contributed by atoms with Gasteiger partial charge in [0, 0.05) is 5.41 Å². The van der Waals surface area contributed by atoms with Gasteiger partial charge in [-0.3, -0.25) is 0 Å². The van der Waals surface area contributed by atoms with Crippen LogP contribution in [-0.4, -0.2) is 4.98 Å². The van der Waals surface area contributed by atoms with Crippen molar-refractivity contribution in [3.8, 4) is 0 Å². The molecule has 0 atom stereocenters. The van der Waals surface area contributed by atoms with Crippen LogP contribution in [0.4, 0.5) is 0 Å². The van der Waals surface area contributed by atoms with Gasteiger partial charge < -0.3 is 4.98 Å².